The molecule has 2 N–H and O–H groups in total. The summed E-state index contributed by atoms with van der Waals surface area (Å²) in [5.74, 6) is 0. The number of anilines is 4. The maximum atomic E-state index is 4.82. The lowest BCUT2D eigenvalue weighted by Crippen LogP contribution is -1.98. The number of rotatable bonds is 8. The zero-order chi connectivity index (χ0) is 27.9. The minimum absolute atomic E-state index is 0.986. The molecule has 0 unspecified atom stereocenters. The molecular formula is C36H34N4. The van der Waals surface area contributed by atoms with Crippen molar-refractivity contribution in [1.82, 2.24) is 0 Å². The Balaban J connectivity index is 1.36. The van der Waals surface area contributed by atoms with Crippen molar-refractivity contribution in [3.63, 3.8) is 0 Å². The van der Waals surface area contributed by atoms with Crippen LogP contribution in [0, 0.1) is 27.7 Å². The largest absolute Gasteiger partial charge is 0.355 e. The molecule has 0 aliphatic carbocycles. The van der Waals surface area contributed by atoms with Gasteiger partial charge in [-0.3, -0.25) is 9.98 Å². The summed E-state index contributed by atoms with van der Waals surface area (Å²) in [6.07, 6.45) is 3.87. The van der Waals surface area contributed by atoms with Gasteiger partial charge in [-0.05, 0) is 80.3 Å². The fourth-order valence-electron chi connectivity index (χ4n) is 4.72. The third-order valence-electron chi connectivity index (χ3n) is 6.89. The van der Waals surface area contributed by atoms with E-state index in [9.17, 15) is 0 Å². The van der Waals surface area contributed by atoms with Gasteiger partial charge in [0.25, 0.3) is 0 Å². The molecular weight excluding hydrogens is 488 g/mol. The first-order valence-corrected chi connectivity index (χ1v) is 13.5. The molecule has 0 atom stereocenters. The first kappa shape index (κ1) is 26.6. The van der Waals surface area contributed by atoms with Crippen molar-refractivity contribution in [3.8, 4) is 0 Å². The molecule has 4 heteroatoms. The topological polar surface area (TPSA) is 48.8 Å². The van der Waals surface area contributed by atoms with Crippen LogP contribution in [0.25, 0.3) is 0 Å². The van der Waals surface area contributed by atoms with Crippen LogP contribution in [0.3, 0.4) is 0 Å². The van der Waals surface area contributed by atoms with Crippen molar-refractivity contribution in [2.45, 2.75) is 27.7 Å². The second kappa shape index (κ2) is 12.3. The first-order chi connectivity index (χ1) is 19.5. The molecule has 0 spiro atoms. The lowest BCUT2D eigenvalue weighted by Gasteiger charge is -2.13. The number of hydrogen-bond donors (Lipinski definition) is 2. The maximum Gasteiger partial charge on any atom is 0.0688 e. The monoisotopic (exact) mass is 522 g/mol. The molecule has 0 aliphatic heterocycles. The Bertz CT molecular complexity index is 1530. The van der Waals surface area contributed by atoms with E-state index >= 15 is 0 Å². The molecule has 0 amide bonds. The molecule has 0 saturated carbocycles. The van der Waals surface area contributed by atoms with Gasteiger partial charge in [0, 0.05) is 46.3 Å². The second-order valence-electron chi connectivity index (χ2n) is 10.0. The minimum atomic E-state index is 0.986. The molecule has 0 aromatic heterocycles. The SMILES string of the molecule is Cc1cccc(C)c1N=Cc1ccccc1Nc1cccc(Nc2ccccc2C=Nc2c(C)cccc2C)c1. The molecule has 0 aliphatic rings. The number of nitrogens with zero attached hydrogens (tertiary/aromatic N) is 2. The summed E-state index contributed by atoms with van der Waals surface area (Å²) in [4.78, 5) is 9.64. The summed E-state index contributed by atoms with van der Waals surface area (Å²) in [7, 11) is 0. The van der Waals surface area contributed by atoms with Crippen molar-refractivity contribution < 1.29 is 0 Å². The molecule has 0 heterocycles. The van der Waals surface area contributed by atoms with Crippen molar-refractivity contribution >= 4 is 46.6 Å². The van der Waals surface area contributed by atoms with Crippen LogP contribution in [0.1, 0.15) is 33.4 Å². The highest BCUT2D eigenvalue weighted by molar-refractivity contribution is 5.92. The van der Waals surface area contributed by atoms with Crippen LogP contribution in [0.15, 0.2) is 119 Å². The third kappa shape index (κ3) is 6.36. The number of hydrogen-bond acceptors (Lipinski definition) is 4. The zero-order valence-corrected chi connectivity index (χ0v) is 23.4. The Morgan fingerprint density at radius 3 is 1.25 bits per heavy atom. The molecule has 198 valence electrons. The summed E-state index contributed by atoms with van der Waals surface area (Å²) >= 11 is 0. The molecule has 5 aromatic carbocycles. The highest BCUT2D eigenvalue weighted by Gasteiger charge is 2.06. The van der Waals surface area contributed by atoms with E-state index in [2.05, 4.69) is 117 Å². The smallest absolute Gasteiger partial charge is 0.0688 e. The fourth-order valence-corrected chi connectivity index (χ4v) is 4.72. The van der Waals surface area contributed by atoms with E-state index in [1.807, 2.05) is 42.8 Å². The third-order valence-corrected chi connectivity index (χ3v) is 6.89. The van der Waals surface area contributed by atoms with Crippen LogP contribution in [0.5, 0.6) is 0 Å². The van der Waals surface area contributed by atoms with Crippen LogP contribution in [-0.4, -0.2) is 12.4 Å². The van der Waals surface area contributed by atoms with Gasteiger partial charge in [0.05, 0.1) is 11.4 Å². The lowest BCUT2D eigenvalue weighted by molar-refractivity contribution is 1.33. The highest BCUT2D eigenvalue weighted by Crippen LogP contribution is 2.28. The van der Waals surface area contributed by atoms with Crippen molar-refractivity contribution in [2.24, 2.45) is 9.98 Å². The number of para-hydroxylation sites is 4. The van der Waals surface area contributed by atoms with Gasteiger partial charge in [0.2, 0.25) is 0 Å². The Morgan fingerprint density at radius 2 is 0.825 bits per heavy atom. The van der Waals surface area contributed by atoms with E-state index in [1.165, 1.54) is 22.3 Å². The first-order valence-electron chi connectivity index (χ1n) is 13.5. The summed E-state index contributed by atoms with van der Waals surface area (Å²) in [6.45, 7) is 8.37. The Hall–Kier alpha value is -4.96. The zero-order valence-electron chi connectivity index (χ0n) is 23.4. The Kier molecular flexibility index (Phi) is 8.17. The maximum absolute atomic E-state index is 4.82. The summed E-state index contributed by atoms with van der Waals surface area (Å²) < 4.78 is 0. The lowest BCUT2D eigenvalue weighted by atomic mass is 10.1. The van der Waals surface area contributed by atoms with Crippen LogP contribution < -0.4 is 10.6 Å². The molecule has 4 nitrogen and oxygen atoms in total. The summed E-state index contributed by atoms with van der Waals surface area (Å²) in [5, 5.41) is 7.16. The van der Waals surface area contributed by atoms with Crippen molar-refractivity contribution in [2.75, 3.05) is 10.6 Å². The van der Waals surface area contributed by atoms with Gasteiger partial charge in [0.1, 0.15) is 0 Å². The van der Waals surface area contributed by atoms with Crippen LogP contribution in [0.4, 0.5) is 34.1 Å². The van der Waals surface area contributed by atoms with E-state index in [1.54, 1.807) is 0 Å². The van der Waals surface area contributed by atoms with E-state index < -0.39 is 0 Å². The number of aryl methyl sites for hydroxylation is 4. The second-order valence-corrected chi connectivity index (χ2v) is 10.0. The number of benzene rings is 5. The average Bonchev–Trinajstić information content (AvgIpc) is 2.94. The summed E-state index contributed by atoms with van der Waals surface area (Å²) in [5.41, 5.74) is 12.7. The van der Waals surface area contributed by atoms with Crippen molar-refractivity contribution in [1.29, 1.82) is 0 Å². The fraction of sp³-hybridized carbons (Fsp3) is 0.111. The van der Waals surface area contributed by atoms with Gasteiger partial charge in [-0.25, -0.2) is 0 Å². The Morgan fingerprint density at radius 1 is 0.450 bits per heavy atom. The predicted molar refractivity (Wildman–Crippen MR) is 172 cm³/mol. The van der Waals surface area contributed by atoms with E-state index in [0.717, 1.165) is 45.3 Å². The van der Waals surface area contributed by atoms with Crippen molar-refractivity contribution in [3.05, 3.63) is 143 Å². The molecule has 0 fully saturated rings. The van der Waals surface area contributed by atoms with Gasteiger partial charge >= 0.3 is 0 Å². The molecule has 0 saturated heterocycles. The quantitative estimate of drug-likeness (QED) is 0.199. The highest BCUT2D eigenvalue weighted by atomic mass is 14.9. The standard InChI is InChI=1S/C36H34N4/c1-25-12-9-13-26(2)35(25)37-23-29-16-5-7-20-33(29)39-31-18-11-19-32(22-31)40-34-21-8-6-17-30(34)24-38-36-27(3)14-10-15-28(36)4/h5-24,39-40H,1-4H3. The van der Waals surface area contributed by atoms with Gasteiger partial charge < -0.3 is 10.6 Å². The van der Waals surface area contributed by atoms with E-state index in [0.29, 0.717) is 0 Å². The van der Waals surface area contributed by atoms with Gasteiger partial charge in [-0.2, -0.15) is 0 Å². The molecule has 5 rings (SSSR count). The predicted octanol–water partition coefficient (Wildman–Crippen LogP) is 9.91. The average molecular weight is 523 g/mol. The van der Waals surface area contributed by atoms with Crippen LogP contribution >= 0.6 is 0 Å². The molecule has 5 aromatic rings. The van der Waals surface area contributed by atoms with E-state index in [4.69, 9.17) is 9.98 Å². The van der Waals surface area contributed by atoms with Crippen LogP contribution in [-0.2, 0) is 0 Å². The molecule has 40 heavy (non-hydrogen) atoms. The van der Waals surface area contributed by atoms with Gasteiger partial charge in [0.15, 0.2) is 0 Å². The normalized spacial score (nSPS) is 11.3. The van der Waals surface area contributed by atoms with E-state index in [-0.39, 0.29) is 0 Å². The number of nitrogens with one attached hydrogen (secondary N) is 2. The van der Waals surface area contributed by atoms with Gasteiger partial charge in [-0.15, -0.1) is 0 Å². The van der Waals surface area contributed by atoms with Crippen LogP contribution in [0.2, 0.25) is 0 Å². The minimum Gasteiger partial charge on any atom is -0.355 e. The molecule has 0 radical (unpaired) electrons. The Labute approximate surface area is 237 Å². The number of aliphatic imine (C=N–C) groups is 2. The molecule has 0 bridgehead atoms. The van der Waals surface area contributed by atoms with Gasteiger partial charge in [-0.1, -0.05) is 78.9 Å². The summed E-state index contributed by atoms with van der Waals surface area (Å²) in [6, 6.07) is 37.2.